The fourth-order valence-electron chi connectivity index (χ4n) is 7.26. The molecule has 316 valence electrons. The third kappa shape index (κ3) is 9.20. The van der Waals surface area contributed by atoms with Crippen molar-refractivity contribution in [3.05, 3.63) is 153 Å². The Labute approximate surface area is 371 Å². The summed E-state index contributed by atoms with van der Waals surface area (Å²) in [6.45, 7) is 0.299. The van der Waals surface area contributed by atoms with Gasteiger partial charge in [-0.1, -0.05) is 89.1 Å². The van der Waals surface area contributed by atoms with Gasteiger partial charge < -0.3 is 30.0 Å². The first-order valence-corrected chi connectivity index (χ1v) is 22.2. The van der Waals surface area contributed by atoms with E-state index in [2.05, 4.69) is 16.4 Å². The van der Waals surface area contributed by atoms with Crippen LogP contribution in [0.3, 0.4) is 0 Å². The number of anilines is 1. The number of esters is 1. The van der Waals surface area contributed by atoms with E-state index in [0.29, 0.717) is 50.6 Å². The topological polar surface area (TPSA) is 183 Å². The average Bonchev–Trinajstić information content (AvgIpc) is 3.75. The molecule has 0 aliphatic carbocycles. The Morgan fingerprint density at radius 1 is 0.952 bits per heavy atom. The molecule has 0 fully saturated rings. The molecule has 1 amide bonds. The molecule has 0 radical (unpaired) electrons. The number of sulfonamides is 1. The molecule has 2 aliphatic rings. The molecule has 3 heterocycles. The van der Waals surface area contributed by atoms with Gasteiger partial charge in [-0.2, -0.15) is 9.57 Å². The molecule has 0 saturated carbocycles. The number of nitriles is 1. The predicted octanol–water partition coefficient (Wildman–Crippen LogP) is 7.68. The Kier molecular flexibility index (Phi) is 12.4. The summed E-state index contributed by atoms with van der Waals surface area (Å²) < 4.78 is 53.1. The first-order valence-electron chi connectivity index (χ1n) is 19.2. The lowest BCUT2D eigenvalue weighted by molar-refractivity contribution is -0.145. The van der Waals surface area contributed by atoms with Crippen LogP contribution in [0.15, 0.2) is 114 Å². The highest BCUT2D eigenvalue weighted by Gasteiger charge is 2.42. The smallest absolute Gasteiger partial charge is 0.328 e. The van der Waals surface area contributed by atoms with Gasteiger partial charge in [-0.05, 0) is 93.9 Å². The summed E-state index contributed by atoms with van der Waals surface area (Å²) in [4.78, 5) is 31.4. The molecule has 17 heteroatoms. The van der Waals surface area contributed by atoms with Crippen molar-refractivity contribution in [2.24, 2.45) is 0 Å². The first kappa shape index (κ1) is 42.5. The van der Waals surface area contributed by atoms with Crippen LogP contribution in [0.4, 0.5) is 5.13 Å². The number of thiazole rings is 1. The monoisotopic (exact) mass is 909 g/mol. The fraction of sp³-hybridized carbons (Fsp3) is 0.200. The standard InChI is InChI=1S/C45H37Cl2N5O8S2/c1-57-44(54)37(17-26-2-7-29(8-3-26)30-9-4-27(21-48)5-10-30)51-43(53)38-18-32-19-39-40(20-33(32)23-52(38)62(55,56)42-22-50-45(49)61-42)60-41(25-59-39)31-11-13-34(14-12-31)58-24-28-6-15-35(46)36(47)16-28/h2-16,19-20,22,37-38,41H,17-18,23-25H2,1H3,(H2,49,50)(H,51,53). The van der Waals surface area contributed by atoms with Gasteiger partial charge in [-0.25, -0.2) is 18.2 Å². The second kappa shape index (κ2) is 18.1. The molecule has 3 N–H and O–H groups in total. The lowest BCUT2D eigenvalue weighted by Gasteiger charge is -2.36. The number of halogens is 2. The molecule has 0 saturated heterocycles. The number of aromatic nitrogens is 1. The number of hydrogen-bond acceptors (Lipinski definition) is 12. The Morgan fingerprint density at radius 3 is 2.31 bits per heavy atom. The third-order valence-electron chi connectivity index (χ3n) is 10.6. The summed E-state index contributed by atoms with van der Waals surface area (Å²) >= 11 is 13.0. The van der Waals surface area contributed by atoms with Crippen LogP contribution in [0.25, 0.3) is 11.1 Å². The number of amides is 1. The minimum atomic E-state index is -4.32. The molecule has 13 nitrogen and oxygen atoms in total. The van der Waals surface area contributed by atoms with Crippen LogP contribution >= 0.6 is 34.5 Å². The first-order chi connectivity index (χ1) is 29.9. The summed E-state index contributed by atoms with van der Waals surface area (Å²) in [7, 11) is -3.10. The maximum atomic E-state index is 14.3. The number of nitrogens with zero attached hydrogens (tertiary/aromatic N) is 3. The second-order valence-electron chi connectivity index (χ2n) is 14.6. The van der Waals surface area contributed by atoms with Gasteiger partial charge in [0.2, 0.25) is 5.91 Å². The molecule has 3 unspecified atom stereocenters. The van der Waals surface area contributed by atoms with Crippen molar-refractivity contribution in [3.8, 4) is 34.4 Å². The Balaban J connectivity index is 1.00. The number of carbonyl (C=O) groups is 2. The number of nitrogen functional groups attached to an aromatic ring is 1. The van der Waals surface area contributed by atoms with E-state index in [9.17, 15) is 18.0 Å². The van der Waals surface area contributed by atoms with E-state index >= 15 is 0 Å². The second-order valence-corrected chi connectivity index (χ2v) is 18.5. The van der Waals surface area contributed by atoms with Crippen LogP contribution in [0, 0.1) is 11.3 Å². The van der Waals surface area contributed by atoms with E-state index in [1.165, 1.54) is 7.11 Å². The number of carbonyl (C=O) groups excluding carboxylic acids is 2. The van der Waals surface area contributed by atoms with E-state index < -0.39 is 40.1 Å². The van der Waals surface area contributed by atoms with E-state index in [1.54, 1.807) is 36.4 Å². The number of benzene rings is 5. The quantitative estimate of drug-likeness (QED) is 0.115. The van der Waals surface area contributed by atoms with E-state index in [0.717, 1.165) is 49.7 Å². The van der Waals surface area contributed by atoms with Gasteiger partial charge in [0.05, 0.1) is 35.0 Å². The van der Waals surface area contributed by atoms with Gasteiger partial charge in [0.15, 0.2) is 26.9 Å². The number of rotatable bonds is 12. The number of nitrogens with one attached hydrogen (secondary N) is 1. The molecule has 62 heavy (non-hydrogen) atoms. The molecule has 8 rings (SSSR count). The molecular weight excluding hydrogens is 874 g/mol. The van der Waals surface area contributed by atoms with Crippen molar-refractivity contribution in [1.82, 2.24) is 14.6 Å². The number of nitrogens with two attached hydrogens (primary N) is 1. The molecular formula is C45H37Cl2N5O8S2. The zero-order valence-electron chi connectivity index (χ0n) is 32.9. The molecule has 6 aromatic rings. The molecule has 0 spiro atoms. The van der Waals surface area contributed by atoms with Gasteiger partial charge in [-0.15, -0.1) is 0 Å². The summed E-state index contributed by atoms with van der Waals surface area (Å²) in [5.41, 5.74) is 11.9. The lowest BCUT2D eigenvalue weighted by atomic mass is 9.93. The molecule has 2 aliphatic heterocycles. The highest BCUT2D eigenvalue weighted by atomic mass is 35.5. The van der Waals surface area contributed by atoms with Gasteiger partial charge in [0, 0.05) is 13.0 Å². The van der Waals surface area contributed by atoms with Crippen LogP contribution in [0.2, 0.25) is 10.0 Å². The predicted molar refractivity (Wildman–Crippen MR) is 234 cm³/mol. The van der Waals surface area contributed by atoms with Gasteiger partial charge in [-0.3, -0.25) is 4.79 Å². The zero-order valence-corrected chi connectivity index (χ0v) is 36.1. The van der Waals surface area contributed by atoms with E-state index in [-0.39, 0.29) is 35.3 Å². The number of ether oxygens (including phenoxy) is 4. The summed E-state index contributed by atoms with van der Waals surface area (Å²) in [5, 5.41) is 12.9. The lowest BCUT2D eigenvalue weighted by Crippen LogP contribution is -2.55. The molecule has 0 bridgehead atoms. The van der Waals surface area contributed by atoms with Crippen molar-refractivity contribution in [2.45, 2.75) is 48.4 Å². The maximum Gasteiger partial charge on any atom is 0.328 e. The summed E-state index contributed by atoms with van der Waals surface area (Å²) in [6.07, 6.45) is 0.721. The minimum Gasteiger partial charge on any atom is -0.489 e. The van der Waals surface area contributed by atoms with Crippen LogP contribution in [0.5, 0.6) is 17.2 Å². The largest absolute Gasteiger partial charge is 0.489 e. The Bertz CT molecular complexity index is 2800. The highest BCUT2D eigenvalue weighted by Crippen LogP contribution is 2.42. The third-order valence-corrected chi connectivity index (χ3v) is 14.4. The van der Waals surface area contributed by atoms with Crippen LogP contribution in [0.1, 0.15) is 39.5 Å². The zero-order chi connectivity index (χ0) is 43.5. The van der Waals surface area contributed by atoms with Gasteiger partial charge in [0.25, 0.3) is 10.0 Å². The van der Waals surface area contributed by atoms with Crippen molar-refractivity contribution in [3.63, 3.8) is 0 Å². The summed E-state index contributed by atoms with van der Waals surface area (Å²) in [6, 6.07) is 30.5. The SMILES string of the molecule is COC(=O)C(Cc1ccc(-c2ccc(C#N)cc2)cc1)NC(=O)C1Cc2cc3c(cc2CN1S(=O)(=O)c1cnc(N)s1)OC(c1ccc(OCc2ccc(Cl)c(Cl)c2)cc1)CO3. The molecule has 5 aromatic carbocycles. The fourth-order valence-corrected chi connectivity index (χ4v) is 10.2. The number of hydrogen-bond donors (Lipinski definition) is 2. The average molecular weight is 911 g/mol. The van der Waals surface area contributed by atoms with Crippen molar-refractivity contribution < 1.29 is 37.0 Å². The van der Waals surface area contributed by atoms with Crippen LogP contribution in [-0.4, -0.2) is 55.4 Å². The summed E-state index contributed by atoms with van der Waals surface area (Å²) in [5.74, 6) is 0.110. The van der Waals surface area contributed by atoms with Crippen LogP contribution < -0.4 is 25.3 Å². The Morgan fingerprint density at radius 2 is 1.65 bits per heavy atom. The molecule has 1 aromatic heterocycles. The maximum absolute atomic E-state index is 14.3. The Hall–Kier alpha value is -6.15. The number of fused-ring (bicyclic) bond motifs is 2. The van der Waals surface area contributed by atoms with Crippen LogP contribution in [-0.2, 0) is 50.3 Å². The van der Waals surface area contributed by atoms with Crippen molar-refractivity contribution in [1.29, 1.82) is 5.26 Å². The van der Waals surface area contributed by atoms with E-state index in [1.807, 2.05) is 66.7 Å². The highest BCUT2D eigenvalue weighted by molar-refractivity contribution is 7.91. The van der Waals surface area contributed by atoms with Gasteiger partial charge >= 0.3 is 5.97 Å². The van der Waals surface area contributed by atoms with Gasteiger partial charge in [0.1, 0.15) is 31.0 Å². The van der Waals surface area contributed by atoms with Crippen molar-refractivity contribution in [2.75, 3.05) is 19.5 Å². The van der Waals surface area contributed by atoms with Crippen molar-refractivity contribution >= 4 is 61.6 Å². The number of methoxy groups -OCH3 is 1. The normalized spacial score (nSPS) is 16.4. The van der Waals surface area contributed by atoms with E-state index in [4.69, 9.17) is 53.1 Å². The molecule has 3 atom stereocenters. The minimum absolute atomic E-state index is 0.0361.